The molecule has 0 spiro atoms. The summed E-state index contributed by atoms with van der Waals surface area (Å²) in [6.45, 7) is 0. The van der Waals surface area contributed by atoms with Crippen molar-refractivity contribution < 1.29 is 18.7 Å². The number of aromatic hydroxyl groups is 1. The minimum Gasteiger partial charge on any atom is -0.505 e. The maximum atomic E-state index is 13.1. The average Bonchev–Trinajstić information content (AvgIpc) is 2.35. The van der Waals surface area contributed by atoms with Gasteiger partial charge in [-0.3, -0.25) is 4.79 Å². The Morgan fingerprint density at radius 2 is 1.72 bits per heavy atom. The molecule has 0 saturated heterocycles. The summed E-state index contributed by atoms with van der Waals surface area (Å²) >= 11 is 0. The molecule has 2 nitrogen and oxygen atoms in total. The molecule has 0 fully saturated rings. The monoisotopic (exact) mass is 248 g/mol. The summed E-state index contributed by atoms with van der Waals surface area (Å²) in [5.74, 6) is -1.99. The van der Waals surface area contributed by atoms with E-state index in [1.807, 2.05) is 0 Å². The van der Waals surface area contributed by atoms with Gasteiger partial charge in [0.15, 0.2) is 17.3 Å². The average molecular weight is 248 g/mol. The van der Waals surface area contributed by atoms with Crippen LogP contribution in [0.5, 0.6) is 5.75 Å². The molecule has 18 heavy (non-hydrogen) atoms. The molecule has 0 aliphatic rings. The van der Waals surface area contributed by atoms with Crippen LogP contribution in [-0.2, 0) is 6.42 Å². The van der Waals surface area contributed by atoms with Crippen molar-refractivity contribution in [3.8, 4) is 5.75 Å². The molecular formula is C14H10F2O2. The Morgan fingerprint density at radius 1 is 1.06 bits per heavy atom. The van der Waals surface area contributed by atoms with Gasteiger partial charge in [-0.25, -0.2) is 8.78 Å². The summed E-state index contributed by atoms with van der Waals surface area (Å²) in [5, 5.41) is 9.02. The molecular weight excluding hydrogens is 238 g/mol. The van der Waals surface area contributed by atoms with E-state index in [-0.39, 0.29) is 23.6 Å². The van der Waals surface area contributed by atoms with Crippen LogP contribution in [0.25, 0.3) is 0 Å². The molecule has 0 aliphatic carbocycles. The van der Waals surface area contributed by atoms with Gasteiger partial charge >= 0.3 is 0 Å². The van der Waals surface area contributed by atoms with Gasteiger partial charge < -0.3 is 5.11 Å². The van der Waals surface area contributed by atoms with Gasteiger partial charge in [0.1, 0.15) is 5.82 Å². The second-order valence-electron chi connectivity index (χ2n) is 3.89. The number of rotatable bonds is 3. The summed E-state index contributed by atoms with van der Waals surface area (Å²) in [4.78, 5) is 11.8. The second kappa shape index (κ2) is 4.96. The molecule has 0 atom stereocenters. The van der Waals surface area contributed by atoms with Crippen molar-refractivity contribution in [1.82, 2.24) is 0 Å². The summed E-state index contributed by atoms with van der Waals surface area (Å²) < 4.78 is 25.8. The van der Waals surface area contributed by atoms with Crippen molar-refractivity contribution in [2.24, 2.45) is 0 Å². The molecule has 0 unspecified atom stereocenters. The van der Waals surface area contributed by atoms with Crippen LogP contribution >= 0.6 is 0 Å². The van der Waals surface area contributed by atoms with E-state index in [4.69, 9.17) is 5.11 Å². The minimum atomic E-state index is -0.833. The van der Waals surface area contributed by atoms with Crippen LogP contribution in [0.3, 0.4) is 0 Å². The molecule has 0 aromatic heterocycles. The predicted octanol–water partition coefficient (Wildman–Crippen LogP) is 3.10. The molecule has 0 aliphatic heterocycles. The molecule has 0 saturated carbocycles. The van der Waals surface area contributed by atoms with Crippen molar-refractivity contribution in [1.29, 1.82) is 0 Å². The zero-order chi connectivity index (χ0) is 13.1. The van der Waals surface area contributed by atoms with Crippen LogP contribution in [0.15, 0.2) is 42.5 Å². The highest BCUT2D eigenvalue weighted by Gasteiger charge is 2.10. The summed E-state index contributed by atoms with van der Waals surface area (Å²) in [7, 11) is 0. The highest BCUT2D eigenvalue weighted by atomic mass is 19.1. The summed E-state index contributed by atoms with van der Waals surface area (Å²) in [5.41, 5.74) is 0.824. The van der Waals surface area contributed by atoms with Crippen LogP contribution in [0.2, 0.25) is 0 Å². The quantitative estimate of drug-likeness (QED) is 0.847. The van der Waals surface area contributed by atoms with Crippen molar-refractivity contribution in [2.45, 2.75) is 6.42 Å². The molecule has 2 rings (SSSR count). The molecule has 0 heterocycles. The Hall–Kier alpha value is -2.23. The van der Waals surface area contributed by atoms with E-state index in [2.05, 4.69) is 0 Å². The number of carbonyl (C=O) groups is 1. The van der Waals surface area contributed by atoms with Crippen molar-refractivity contribution in [2.75, 3.05) is 0 Å². The zero-order valence-electron chi connectivity index (χ0n) is 9.36. The Labute approximate surface area is 103 Å². The second-order valence-corrected chi connectivity index (χ2v) is 3.89. The van der Waals surface area contributed by atoms with Gasteiger partial charge in [0.2, 0.25) is 0 Å². The zero-order valence-corrected chi connectivity index (χ0v) is 9.36. The van der Waals surface area contributed by atoms with E-state index >= 15 is 0 Å². The standard InChI is InChI=1S/C14H10F2O2/c15-11-4-1-9(2-5-11)7-14(18)10-3-6-13(17)12(16)8-10/h1-6,8,17H,7H2. The van der Waals surface area contributed by atoms with Crippen molar-refractivity contribution >= 4 is 5.78 Å². The number of phenols is 1. The van der Waals surface area contributed by atoms with E-state index in [0.717, 1.165) is 12.1 Å². The first kappa shape index (κ1) is 12.2. The maximum absolute atomic E-state index is 13.1. The van der Waals surface area contributed by atoms with E-state index in [9.17, 15) is 13.6 Å². The molecule has 0 bridgehead atoms. The molecule has 0 radical (unpaired) electrons. The number of benzene rings is 2. The normalized spacial score (nSPS) is 10.3. The lowest BCUT2D eigenvalue weighted by Crippen LogP contribution is -2.04. The molecule has 2 aromatic carbocycles. The highest BCUT2D eigenvalue weighted by Crippen LogP contribution is 2.17. The van der Waals surface area contributed by atoms with E-state index < -0.39 is 11.6 Å². The SMILES string of the molecule is O=C(Cc1ccc(F)cc1)c1ccc(O)c(F)c1. The summed E-state index contributed by atoms with van der Waals surface area (Å²) in [6.07, 6.45) is 0.0600. The van der Waals surface area contributed by atoms with Crippen LogP contribution in [0, 0.1) is 11.6 Å². The van der Waals surface area contributed by atoms with E-state index in [0.29, 0.717) is 5.56 Å². The van der Waals surface area contributed by atoms with Gasteiger partial charge in [-0.2, -0.15) is 0 Å². The fourth-order valence-electron chi connectivity index (χ4n) is 1.57. The fraction of sp³-hybridized carbons (Fsp3) is 0.0714. The smallest absolute Gasteiger partial charge is 0.167 e. The van der Waals surface area contributed by atoms with Crippen LogP contribution in [0.4, 0.5) is 8.78 Å². The number of ketones is 1. The highest BCUT2D eigenvalue weighted by molar-refractivity contribution is 5.97. The third-order valence-electron chi connectivity index (χ3n) is 2.55. The number of hydrogen-bond donors (Lipinski definition) is 1. The Morgan fingerprint density at radius 3 is 2.33 bits per heavy atom. The maximum Gasteiger partial charge on any atom is 0.167 e. The van der Waals surface area contributed by atoms with Crippen LogP contribution in [-0.4, -0.2) is 10.9 Å². The molecule has 1 N–H and O–H groups in total. The van der Waals surface area contributed by atoms with Crippen molar-refractivity contribution in [3.05, 3.63) is 65.2 Å². The van der Waals surface area contributed by atoms with Crippen LogP contribution in [0.1, 0.15) is 15.9 Å². The third kappa shape index (κ3) is 2.71. The van der Waals surface area contributed by atoms with E-state index in [1.165, 1.54) is 30.3 Å². The first-order valence-corrected chi connectivity index (χ1v) is 5.32. The lowest BCUT2D eigenvalue weighted by molar-refractivity contribution is 0.0992. The Balaban J connectivity index is 2.16. The fourth-order valence-corrected chi connectivity index (χ4v) is 1.57. The number of hydrogen-bond acceptors (Lipinski definition) is 2. The van der Waals surface area contributed by atoms with Gasteiger partial charge in [-0.15, -0.1) is 0 Å². The number of carbonyl (C=O) groups excluding carboxylic acids is 1. The molecule has 0 amide bonds. The van der Waals surface area contributed by atoms with Crippen molar-refractivity contribution in [3.63, 3.8) is 0 Å². The largest absolute Gasteiger partial charge is 0.505 e. The third-order valence-corrected chi connectivity index (χ3v) is 2.55. The first-order valence-electron chi connectivity index (χ1n) is 5.32. The van der Waals surface area contributed by atoms with Gasteiger partial charge in [0.25, 0.3) is 0 Å². The van der Waals surface area contributed by atoms with Gasteiger partial charge in [0, 0.05) is 12.0 Å². The van der Waals surface area contributed by atoms with Gasteiger partial charge in [-0.1, -0.05) is 12.1 Å². The number of phenolic OH excluding ortho intramolecular Hbond substituents is 1. The van der Waals surface area contributed by atoms with Crippen LogP contribution < -0.4 is 0 Å². The Bertz CT molecular complexity index is 577. The van der Waals surface area contributed by atoms with E-state index in [1.54, 1.807) is 0 Å². The molecule has 2 aromatic rings. The molecule has 4 heteroatoms. The number of Topliss-reactive ketones (excluding diaryl/α,β-unsaturated/α-hetero) is 1. The summed E-state index contributed by atoms with van der Waals surface area (Å²) in [6, 6.07) is 9.01. The first-order chi connectivity index (χ1) is 8.56. The topological polar surface area (TPSA) is 37.3 Å². The lowest BCUT2D eigenvalue weighted by Gasteiger charge is -2.03. The lowest BCUT2D eigenvalue weighted by atomic mass is 10.0. The minimum absolute atomic E-state index is 0.0600. The number of halogens is 2. The van der Waals surface area contributed by atoms with Gasteiger partial charge in [-0.05, 0) is 35.9 Å². The van der Waals surface area contributed by atoms with Gasteiger partial charge in [0.05, 0.1) is 0 Å². The Kier molecular flexibility index (Phi) is 3.37. The molecule has 92 valence electrons. The predicted molar refractivity (Wildman–Crippen MR) is 62.5 cm³/mol.